The molecule has 0 fully saturated rings. The van der Waals surface area contributed by atoms with Crippen LogP contribution in [0.3, 0.4) is 0 Å². The van der Waals surface area contributed by atoms with E-state index in [4.69, 9.17) is 13.9 Å². The van der Waals surface area contributed by atoms with Gasteiger partial charge in [-0.15, -0.1) is 0 Å². The molecule has 0 aliphatic carbocycles. The summed E-state index contributed by atoms with van der Waals surface area (Å²) in [5.74, 6) is 1.91. The molecule has 0 unspecified atom stereocenters. The van der Waals surface area contributed by atoms with Crippen LogP contribution in [-0.2, 0) is 17.8 Å². The summed E-state index contributed by atoms with van der Waals surface area (Å²) in [5.41, 5.74) is 4.39. The number of aromatic amines is 1. The van der Waals surface area contributed by atoms with Gasteiger partial charge in [0.15, 0.2) is 11.5 Å². The molecule has 0 radical (unpaired) electrons. The van der Waals surface area contributed by atoms with Crippen LogP contribution in [0, 0.1) is 0 Å². The molecule has 5 rings (SSSR count). The Hall–Kier alpha value is -3.67. The number of nitrogens with one attached hydrogen (secondary N) is 2. The second kappa shape index (κ2) is 8.22. The molecule has 3 heterocycles. The van der Waals surface area contributed by atoms with E-state index in [0.717, 1.165) is 34.2 Å². The standard InChI is InChI=1S/C25H24N2O4/c1-2-16-6-3-8-18-21(14-27-24(16)18)20(12-23(28)26-13-17-7-5-11-29-17)19-9-4-10-22-25(19)31-15-30-22/h3-11,14,20,27H,2,12-13,15H2,1H3,(H,26,28)/t20-/m1/s1. The van der Waals surface area contributed by atoms with E-state index in [2.05, 4.69) is 35.4 Å². The van der Waals surface area contributed by atoms with Crippen LogP contribution in [-0.4, -0.2) is 17.7 Å². The molecular formula is C25H24N2O4. The summed E-state index contributed by atoms with van der Waals surface area (Å²) in [7, 11) is 0. The zero-order valence-electron chi connectivity index (χ0n) is 17.3. The third-order valence-corrected chi connectivity index (χ3v) is 5.82. The maximum atomic E-state index is 12.9. The van der Waals surface area contributed by atoms with E-state index in [0.29, 0.717) is 18.0 Å². The van der Waals surface area contributed by atoms with Crippen LogP contribution < -0.4 is 14.8 Å². The minimum atomic E-state index is -0.186. The maximum absolute atomic E-state index is 12.9. The molecule has 2 aromatic heterocycles. The molecule has 1 aliphatic heterocycles. The second-order valence-electron chi connectivity index (χ2n) is 7.63. The van der Waals surface area contributed by atoms with Crippen molar-refractivity contribution in [1.29, 1.82) is 0 Å². The number of amides is 1. The van der Waals surface area contributed by atoms with Crippen molar-refractivity contribution in [2.75, 3.05) is 6.79 Å². The summed E-state index contributed by atoms with van der Waals surface area (Å²) >= 11 is 0. The van der Waals surface area contributed by atoms with E-state index in [1.165, 1.54) is 5.56 Å². The molecule has 0 saturated heterocycles. The van der Waals surface area contributed by atoms with Crippen LogP contribution in [0.15, 0.2) is 65.4 Å². The van der Waals surface area contributed by atoms with Crippen molar-refractivity contribution in [1.82, 2.24) is 10.3 Å². The molecule has 1 atom stereocenters. The van der Waals surface area contributed by atoms with Crippen LogP contribution in [0.1, 0.15) is 41.7 Å². The first-order valence-electron chi connectivity index (χ1n) is 10.5. The lowest BCUT2D eigenvalue weighted by Crippen LogP contribution is -2.24. The number of rotatable bonds is 7. The summed E-state index contributed by atoms with van der Waals surface area (Å²) in [6, 6.07) is 15.8. The minimum Gasteiger partial charge on any atom is -0.467 e. The Kier molecular flexibility index (Phi) is 5.12. The minimum absolute atomic E-state index is 0.0566. The number of aryl methyl sites for hydroxylation is 1. The molecular weight excluding hydrogens is 392 g/mol. The van der Waals surface area contributed by atoms with E-state index in [-0.39, 0.29) is 25.0 Å². The van der Waals surface area contributed by atoms with Crippen LogP contribution >= 0.6 is 0 Å². The summed E-state index contributed by atoms with van der Waals surface area (Å²) in [5, 5.41) is 4.10. The molecule has 0 spiro atoms. The van der Waals surface area contributed by atoms with E-state index >= 15 is 0 Å². The Balaban J connectivity index is 1.52. The number of para-hydroxylation sites is 2. The molecule has 6 heteroatoms. The van der Waals surface area contributed by atoms with Gasteiger partial charge in [-0.3, -0.25) is 4.79 Å². The highest BCUT2D eigenvalue weighted by molar-refractivity contribution is 5.88. The average molecular weight is 416 g/mol. The van der Waals surface area contributed by atoms with Gasteiger partial charge in [0, 0.05) is 35.0 Å². The smallest absolute Gasteiger partial charge is 0.231 e. The molecule has 6 nitrogen and oxygen atoms in total. The Labute approximate surface area is 180 Å². The van der Waals surface area contributed by atoms with Crippen LogP contribution in [0.25, 0.3) is 10.9 Å². The van der Waals surface area contributed by atoms with Gasteiger partial charge < -0.3 is 24.2 Å². The highest BCUT2D eigenvalue weighted by Gasteiger charge is 2.28. The molecule has 1 amide bonds. The monoisotopic (exact) mass is 416 g/mol. The lowest BCUT2D eigenvalue weighted by molar-refractivity contribution is -0.121. The Morgan fingerprint density at radius 2 is 2.00 bits per heavy atom. The van der Waals surface area contributed by atoms with Crippen molar-refractivity contribution in [2.24, 2.45) is 0 Å². The first-order chi connectivity index (χ1) is 15.2. The highest BCUT2D eigenvalue weighted by Crippen LogP contribution is 2.44. The normalized spacial score (nSPS) is 13.5. The number of furan rings is 1. The van der Waals surface area contributed by atoms with Gasteiger partial charge >= 0.3 is 0 Å². The number of carbonyl (C=O) groups is 1. The predicted octanol–water partition coefficient (Wildman–Crippen LogP) is 4.89. The van der Waals surface area contributed by atoms with Gasteiger partial charge in [-0.1, -0.05) is 37.3 Å². The molecule has 2 N–H and O–H groups in total. The number of hydrogen-bond acceptors (Lipinski definition) is 4. The maximum Gasteiger partial charge on any atom is 0.231 e. The number of benzene rings is 2. The zero-order chi connectivity index (χ0) is 21.2. The topological polar surface area (TPSA) is 76.5 Å². The lowest BCUT2D eigenvalue weighted by Gasteiger charge is -2.19. The fraction of sp³-hybridized carbons (Fsp3) is 0.240. The molecule has 0 saturated carbocycles. The van der Waals surface area contributed by atoms with Crippen molar-refractivity contribution in [3.63, 3.8) is 0 Å². The first-order valence-corrected chi connectivity index (χ1v) is 10.5. The van der Waals surface area contributed by atoms with E-state index in [9.17, 15) is 4.79 Å². The van der Waals surface area contributed by atoms with Gasteiger partial charge in [-0.05, 0) is 35.7 Å². The lowest BCUT2D eigenvalue weighted by atomic mass is 9.86. The Morgan fingerprint density at radius 3 is 2.84 bits per heavy atom. The average Bonchev–Trinajstić information content (AvgIpc) is 3.56. The summed E-state index contributed by atoms with van der Waals surface area (Å²) in [4.78, 5) is 16.4. The van der Waals surface area contributed by atoms with Gasteiger partial charge in [0.1, 0.15) is 5.76 Å². The van der Waals surface area contributed by atoms with Gasteiger partial charge in [-0.2, -0.15) is 0 Å². The Bertz CT molecular complexity index is 1210. The number of fused-ring (bicyclic) bond motifs is 2. The predicted molar refractivity (Wildman–Crippen MR) is 117 cm³/mol. The fourth-order valence-electron chi connectivity index (χ4n) is 4.29. The third kappa shape index (κ3) is 3.65. The van der Waals surface area contributed by atoms with E-state index < -0.39 is 0 Å². The van der Waals surface area contributed by atoms with Crippen molar-refractivity contribution >= 4 is 16.8 Å². The van der Waals surface area contributed by atoms with E-state index in [1.807, 2.05) is 36.5 Å². The van der Waals surface area contributed by atoms with Crippen molar-refractivity contribution in [3.05, 3.63) is 83.4 Å². The summed E-state index contributed by atoms with van der Waals surface area (Å²) in [6.45, 7) is 2.70. The van der Waals surface area contributed by atoms with Gasteiger partial charge in [-0.25, -0.2) is 0 Å². The SMILES string of the molecule is CCc1cccc2c([C@H](CC(=O)NCc3ccco3)c3cccc4c3OCO4)c[nH]c12. The molecule has 31 heavy (non-hydrogen) atoms. The van der Waals surface area contributed by atoms with E-state index in [1.54, 1.807) is 6.26 Å². The number of H-pyrrole nitrogens is 1. The number of ether oxygens (including phenoxy) is 2. The van der Waals surface area contributed by atoms with Gasteiger partial charge in [0.25, 0.3) is 0 Å². The quantitative estimate of drug-likeness (QED) is 0.450. The molecule has 2 aromatic carbocycles. The molecule has 4 aromatic rings. The largest absolute Gasteiger partial charge is 0.467 e. The van der Waals surface area contributed by atoms with Crippen LogP contribution in [0.4, 0.5) is 0 Å². The molecule has 158 valence electrons. The van der Waals surface area contributed by atoms with Gasteiger partial charge in [0.2, 0.25) is 12.7 Å². The van der Waals surface area contributed by atoms with Crippen molar-refractivity contribution in [2.45, 2.75) is 32.2 Å². The van der Waals surface area contributed by atoms with Crippen LogP contribution in [0.2, 0.25) is 0 Å². The third-order valence-electron chi connectivity index (χ3n) is 5.82. The molecule has 0 bridgehead atoms. The number of carbonyl (C=O) groups excluding carboxylic acids is 1. The second-order valence-corrected chi connectivity index (χ2v) is 7.63. The van der Waals surface area contributed by atoms with Crippen molar-refractivity contribution in [3.8, 4) is 11.5 Å². The Morgan fingerprint density at radius 1 is 1.10 bits per heavy atom. The first kappa shape index (κ1) is 19.3. The highest BCUT2D eigenvalue weighted by atomic mass is 16.7. The molecule has 1 aliphatic rings. The fourth-order valence-corrected chi connectivity index (χ4v) is 4.29. The summed E-state index contributed by atoms with van der Waals surface area (Å²) in [6.07, 6.45) is 4.84. The summed E-state index contributed by atoms with van der Waals surface area (Å²) < 4.78 is 16.7. The zero-order valence-corrected chi connectivity index (χ0v) is 17.3. The number of hydrogen-bond donors (Lipinski definition) is 2. The van der Waals surface area contributed by atoms with Gasteiger partial charge in [0.05, 0.1) is 12.8 Å². The van der Waals surface area contributed by atoms with Crippen LogP contribution in [0.5, 0.6) is 11.5 Å². The number of aromatic nitrogens is 1. The van der Waals surface area contributed by atoms with Crippen molar-refractivity contribution < 1.29 is 18.7 Å².